The second kappa shape index (κ2) is 7.01. The van der Waals surface area contributed by atoms with Crippen LogP contribution < -0.4 is 5.56 Å². The fourth-order valence-electron chi connectivity index (χ4n) is 2.08. The summed E-state index contributed by atoms with van der Waals surface area (Å²) in [6.45, 7) is 0.222. The smallest absolute Gasteiger partial charge is 0.323 e. The first-order chi connectivity index (χ1) is 10.9. The number of likely N-dealkylation sites (N-methyl/N-ethyl adjacent to an activating group) is 1. The SMILES string of the molecule is CN(C)CCN(CC(=O)O)C(=O)c1cnc2ccccn2c1=O. The van der Waals surface area contributed by atoms with Crippen LogP contribution in [0, 0.1) is 0 Å². The maximum Gasteiger partial charge on any atom is 0.323 e. The topological polar surface area (TPSA) is 95.2 Å². The van der Waals surface area contributed by atoms with E-state index in [0.29, 0.717) is 12.2 Å². The van der Waals surface area contributed by atoms with Crippen molar-refractivity contribution in [1.82, 2.24) is 19.2 Å². The molecular formula is C15H18N4O4. The second-order valence-electron chi connectivity index (χ2n) is 5.33. The van der Waals surface area contributed by atoms with E-state index in [0.717, 1.165) is 4.90 Å². The normalized spacial score (nSPS) is 10.9. The van der Waals surface area contributed by atoms with Gasteiger partial charge in [0.05, 0.1) is 0 Å². The lowest BCUT2D eigenvalue weighted by Gasteiger charge is -2.22. The molecule has 0 saturated heterocycles. The van der Waals surface area contributed by atoms with E-state index in [4.69, 9.17) is 5.11 Å². The van der Waals surface area contributed by atoms with Crippen molar-refractivity contribution < 1.29 is 14.7 Å². The van der Waals surface area contributed by atoms with Crippen LogP contribution in [0.25, 0.3) is 5.65 Å². The summed E-state index contributed by atoms with van der Waals surface area (Å²) in [6, 6.07) is 5.04. The van der Waals surface area contributed by atoms with Gasteiger partial charge in [-0.15, -0.1) is 0 Å². The van der Waals surface area contributed by atoms with E-state index in [-0.39, 0.29) is 12.1 Å². The average Bonchev–Trinajstić information content (AvgIpc) is 2.51. The largest absolute Gasteiger partial charge is 0.480 e. The van der Waals surface area contributed by atoms with E-state index < -0.39 is 24.0 Å². The van der Waals surface area contributed by atoms with Crippen molar-refractivity contribution in [2.24, 2.45) is 0 Å². The van der Waals surface area contributed by atoms with E-state index in [1.54, 1.807) is 18.2 Å². The first-order valence-corrected chi connectivity index (χ1v) is 7.02. The van der Waals surface area contributed by atoms with Gasteiger partial charge in [0, 0.05) is 25.5 Å². The van der Waals surface area contributed by atoms with Crippen LogP contribution in [0.3, 0.4) is 0 Å². The third kappa shape index (κ3) is 3.92. The Labute approximate surface area is 132 Å². The van der Waals surface area contributed by atoms with Gasteiger partial charge in [-0.1, -0.05) is 6.07 Å². The van der Waals surface area contributed by atoms with Crippen LogP contribution >= 0.6 is 0 Å². The fourth-order valence-corrected chi connectivity index (χ4v) is 2.08. The number of pyridine rings is 1. The van der Waals surface area contributed by atoms with E-state index in [2.05, 4.69) is 4.98 Å². The number of carboxylic acid groups (broad SMARTS) is 1. The quantitative estimate of drug-likeness (QED) is 0.791. The molecule has 1 amide bonds. The highest BCUT2D eigenvalue weighted by molar-refractivity contribution is 5.95. The molecule has 122 valence electrons. The molecule has 0 saturated carbocycles. The molecule has 0 aliphatic rings. The van der Waals surface area contributed by atoms with Crippen LogP contribution in [0.5, 0.6) is 0 Å². The Morgan fingerprint density at radius 3 is 2.65 bits per heavy atom. The van der Waals surface area contributed by atoms with Crippen molar-refractivity contribution in [2.45, 2.75) is 0 Å². The Kier molecular flexibility index (Phi) is 5.07. The standard InChI is InChI=1S/C15H18N4O4/c1-17(2)7-8-18(10-13(20)21)14(22)11-9-16-12-5-3-4-6-19(12)15(11)23/h3-6,9H,7-8,10H2,1-2H3,(H,20,21). The molecule has 2 heterocycles. The Morgan fingerprint density at radius 2 is 2.00 bits per heavy atom. The van der Waals surface area contributed by atoms with Crippen LogP contribution in [0.4, 0.5) is 0 Å². The van der Waals surface area contributed by atoms with Gasteiger partial charge in [0.15, 0.2) is 0 Å². The zero-order valence-electron chi connectivity index (χ0n) is 13.0. The molecule has 2 aromatic rings. The highest BCUT2D eigenvalue weighted by Gasteiger charge is 2.22. The van der Waals surface area contributed by atoms with Gasteiger partial charge in [0.25, 0.3) is 11.5 Å². The van der Waals surface area contributed by atoms with E-state index in [9.17, 15) is 14.4 Å². The van der Waals surface area contributed by atoms with Gasteiger partial charge in [0.1, 0.15) is 17.8 Å². The molecule has 8 heteroatoms. The number of nitrogens with zero attached hydrogens (tertiary/aromatic N) is 4. The molecule has 0 spiro atoms. The third-order valence-electron chi connectivity index (χ3n) is 3.27. The van der Waals surface area contributed by atoms with Crippen LogP contribution in [-0.4, -0.2) is 69.9 Å². The van der Waals surface area contributed by atoms with Gasteiger partial charge in [0.2, 0.25) is 0 Å². The molecule has 0 aliphatic heterocycles. The molecule has 1 N–H and O–H groups in total. The van der Waals surface area contributed by atoms with Crippen LogP contribution in [0.1, 0.15) is 10.4 Å². The number of fused-ring (bicyclic) bond motifs is 1. The number of carboxylic acids is 1. The predicted octanol–water partition coefficient (Wildman–Crippen LogP) is -0.217. The zero-order chi connectivity index (χ0) is 17.0. The molecular weight excluding hydrogens is 300 g/mol. The molecule has 23 heavy (non-hydrogen) atoms. The number of aliphatic carboxylic acids is 1. The van der Waals surface area contributed by atoms with Gasteiger partial charge < -0.3 is 14.9 Å². The first kappa shape index (κ1) is 16.6. The molecule has 0 atom stereocenters. The highest BCUT2D eigenvalue weighted by atomic mass is 16.4. The van der Waals surface area contributed by atoms with Gasteiger partial charge in [-0.25, -0.2) is 4.98 Å². The summed E-state index contributed by atoms with van der Waals surface area (Å²) in [6.07, 6.45) is 2.72. The lowest BCUT2D eigenvalue weighted by Crippen LogP contribution is -2.42. The van der Waals surface area contributed by atoms with Crippen molar-refractivity contribution in [2.75, 3.05) is 33.7 Å². The van der Waals surface area contributed by atoms with Gasteiger partial charge in [-0.3, -0.25) is 18.8 Å². The Bertz CT molecular complexity index is 784. The fraction of sp³-hybridized carbons (Fsp3) is 0.333. The molecule has 0 aliphatic carbocycles. The number of rotatable bonds is 6. The maximum atomic E-state index is 12.5. The van der Waals surface area contributed by atoms with Gasteiger partial charge >= 0.3 is 5.97 Å². The molecule has 2 rings (SSSR count). The molecule has 0 aromatic carbocycles. The lowest BCUT2D eigenvalue weighted by atomic mass is 10.2. The van der Waals surface area contributed by atoms with Crippen LogP contribution in [0.2, 0.25) is 0 Å². The van der Waals surface area contributed by atoms with E-state index in [1.165, 1.54) is 16.8 Å². The van der Waals surface area contributed by atoms with Crippen molar-refractivity contribution in [3.8, 4) is 0 Å². The third-order valence-corrected chi connectivity index (χ3v) is 3.27. The summed E-state index contributed by atoms with van der Waals surface area (Å²) < 4.78 is 1.26. The minimum absolute atomic E-state index is 0.145. The first-order valence-electron chi connectivity index (χ1n) is 7.02. The van der Waals surface area contributed by atoms with E-state index in [1.807, 2.05) is 19.0 Å². The number of hydrogen-bond acceptors (Lipinski definition) is 5. The maximum absolute atomic E-state index is 12.5. The minimum Gasteiger partial charge on any atom is -0.480 e. The predicted molar refractivity (Wildman–Crippen MR) is 83.6 cm³/mol. The second-order valence-corrected chi connectivity index (χ2v) is 5.33. The molecule has 0 radical (unpaired) electrons. The summed E-state index contributed by atoms with van der Waals surface area (Å²) in [7, 11) is 3.63. The molecule has 8 nitrogen and oxygen atoms in total. The Hall–Kier alpha value is -2.74. The van der Waals surface area contributed by atoms with Crippen molar-refractivity contribution >= 4 is 17.5 Å². The molecule has 0 fully saturated rings. The summed E-state index contributed by atoms with van der Waals surface area (Å²) in [5.41, 5.74) is -0.235. The number of aromatic nitrogens is 2. The Morgan fingerprint density at radius 1 is 1.26 bits per heavy atom. The molecule has 0 unspecified atom stereocenters. The lowest BCUT2D eigenvalue weighted by molar-refractivity contribution is -0.137. The van der Waals surface area contributed by atoms with Crippen LogP contribution in [-0.2, 0) is 4.79 Å². The highest BCUT2D eigenvalue weighted by Crippen LogP contribution is 2.02. The van der Waals surface area contributed by atoms with E-state index >= 15 is 0 Å². The zero-order valence-corrected chi connectivity index (χ0v) is 13.0. The van der Waals surface area contributed by atoms with Crippen LogP contribution in [0.15, 0.2) is 35.4 Å². The molecule has 2 aromatic heterocycles. The monoisotopic (exact) mass is 318 g/mol. The number of carbonyl (C=O) groups is 2. The summed E-state index contributed by atoms with van der Waals surface area (Å²) in [5, 5.41) is 8.98. The average molecular weight is 318 g/mol. The summed E-state index contributed by atoms with van der Waals surface area (Å²) in [5.74, 6) is -1.77. The van der Waals surface area contributed by atoms with Gasteiger partial charge in [-0.2, -0.15) is 0 Å². The minimum atomic E-state index is -1.13. The number of carbonyl (C=O) groups excluding carboxylic acids is 1. The number of hydrogen-bond donors (Lipinski definition) is 1. The molecule has 0 bridgehead atoms. The van der Waals surface area contributed by atoms with Crippen molar-refractivity contribution in [1.29, 1.82) is 0 Å². The number of amides is 1. The van der Waals surface area contributed by atoms with Gasteiger partial charge in [-0.05, 0) is 26.2 Å². The van der Waals surface area contributed by atoms with Crippen molar-refractivity contribution in [3.63, 3.8) is 0 Å². The summed E-state index contributed by atoms with van der Waals surface area (Å²) in [4.78, 5) is 43.0. The van der Waals surface area contributed by atoms with Crippen molar-refractivity contribution in [3.05, 3.63) is 46.5 Å². The Balaban J connectivity index is 2.37. The summed E-state index contributed by atoms with van der Waals surface area (Å²) >= 11 is 0.